The fraction of sp³-hybridized carbons (Fsp3) is 0.208. The van der Waals surface area contributed by atoms with Crippen LogP contribution in [0.25, 0.3) is 16.7 Å². The molecule has 174 valence electrons. The lowest BCUT2D eigenvalue weighted by atomic mass is 10.0. The van der Waals surface area contributed by atoms with Gasteiger partial charge in [0.2, 0.25) is 11.8 Å². The molecule has 0 aliphatic carbocycles. The summed E-state index contributed by atoms with van der Waals surface area (Å²) in [4.78, 5) is 55.8. The number of fused-ring (bicyclic) bond motifs is 2. The Hall–Kier alpha value is -4.67. The van der Waals surface area contributed by atoms with Gasteiger partial charge in [0.05, 0.1) is 40.6 Å². The van der Waals surface area contributed by atoms with Gasteiger partial charge in [-0.15, -0.1) is 5.10 Å². The summed E-state index contributed by atoms with van der Waals surface area (Å²) in [5, 5.41) is 10.7. The van der Waals surface area contributed by atoms with Crippen molar-refractivity contribution < 1.29 is 19.2 Å². The zero-order chi connectivity index (χ0) is 24.3. The van der Waals surface area contributed by atoms with Gasteiger partial charge >= 0.3 is 0 Å². The van der Waals surface area contributed by atoms with E-state index in [1.54, 1.807) is 24.4 Å². The molecule has 2 aromatic heterocycles. The number of imide groups is 2. The molecule has 4 amide bonds. The number of aryl methyl sites for hydroxylation is 1. The third-order valence-electron chi connectivity index (χ3n) is 6.40. The first-order chi connectivity index (χ1) is 16.9. The average Bonchev–Trinajstić information content (AvgIpc) is 3.51. The Morgan fingerprint density at radius 2 is 1.86 bits per heavy atom. The standard InChI is InChI=1S/C24H19N7O4/c1-13-25-16-6-2-3-7-17(16)29(13)11-14-12-30(28-27-14)18-8-4-5-15-21(18)24(35)31(23(15)34)19-9-10-20(32)26-22(19)33/h2-8,12,19H,9-11H2,1H3,(H,26,32,33). The lowest BCUT2D eigenvalue weighted by Crippen LogP contribution is -2.54. The maximum absolute atomic E-state index is 13.3. The van der Waals surface area contributed by atoms with Gasteiger partial charge in [-0.2, -0.15) is 0 Å². The van der Waals surface area contributed by atoms with Gasteiger partial charge in [0.1, 0.15) is 17.6 Å². The molecule has 4 heterocycles. The van der Waals surface area contributed by atoms with Gasteiger partial charge < -0.3 is 4.57 Å². The monoisotopic (exact) mass is 469 g/mol. The van der Waals surface area contributed by atoms with Crippen molar-refractivity contribution in [1.82, 2.24) is 34.8 Å². The molecule has 35 heavy (non-hydrogen) atoms. The number of piperidine rings is 1. The number of para-hydroxylation sites is 2. The third kappa shape index (κ3) is 3.23. The summed E-state index contributed by atoms with van der Waals surface area (Å²) in [6.07, 6.45) is 1.86. The fourth-order valence-electron chi connectivity index (χ4n) is 4.73. The quantitative estimate of drug-likeness (QED) is 0.447. The Morgan fingerprint density at radius 3 is 2.69 bits per heavy atom. The SMILES string of the molecule is Cc1nc2ccccc2n1Cc1cn(-c2cccc3c2C(=O)N(C2CCC(=O)NC2=O)C3=O)nn1. The molecule has 0 spiro atoms. The van der Waals surface area contributed by atoms with Crippen molar-refractivity contribution in [3.05, 3.63) is 71.3 Å². The van der Waals surface area contributed by atoms with E-state index >= 15 is 0 Å². The Labute approximate surface area is 198 Å². The van der Waals surface area contributed by atoms with E-state index in [0.29, 0.717) is 17.9 Å². The summed E-state index contributed by atoms with van der Waals surface area (Å²) in [5.41, 5.74) is 3.24. The second-order valence-corrected chi connectivity index (χ2v) is 8.54. The van der Waals surface area contributed by atoms with Crippen LogP contribution >= 0.6 is 0 Å². The highest BCUT2D eigenvalue weighted by Gasteiger charge is 2.45. The molecule has 11 heteroatoms. The van der Waals surface area contributed by atoms with E-state index in [-0.39, 0.29) is 24.0 Å². The van der Waals surface area contributed by atoms with Gasteiger partial charge in [0.25, 0.3) is 11.8 Å². The Bertz CT molecular complexity index is 1570. The van der Waals surface area contributed by atoms with Gasteiger partial charge in [-0.1, -0.05) is 23.4 Å². The molecule has 6 rings (SSSR count). The van der Waals surface area contributed by atoms with Gasteiger partial charge in [-0.05, 0) is 37.6 Å². The minimum atomic E-state index is -1.03. The summed E-state index contributed by atoms with van der Waals surface area (Å²) in [6, 6.07) is 11.7. The normalized spacial score (nSPS) is 17.9. The van der Waals surface area contributed by atoms with Crippen molar-refractivity contribution in [2.24, 2.45) is 0 Å². The summed E-state index contributed by atoms with van der Waals surface area (Å²) in [7, 11) is 0. The largest absolute Gasteiger partial charge is 0.322 e. The van der Waals surface area contributed by atoms with Gasteiger partial charge in [0, 0.05) is 6.42 Å². The number of rotatable bonds is 4. The van der Waals surface area contributed by atoms with Gasteiger partial charge in [-0.25, -0.2) is 9.67 Å². The van der Waals surface area contributed by atoms with Gasteiger partial charge in [0.15, 0.2) is 0 Å². The zero-order valence-corrected chi connectivity index (χ0v) is 18.6. The molecule has 2 aliphatic rings. The van der Waals surface area contributed by atoms with Crippen molar-refractivity contribution in [3.63, 3.8) is 0 Å². The number of nitrogens with one attached hydrogen (secondary N) is 1. The molecule has 1 N–H and O–H groups in total. The maximum Gasteiger partial charge on any atom is 0.264 e. The fourth-order valence-corrected chi connectivity index (χ4v) is 4.73. The predicted molar refractivity (Wildman–Crippen MR) is 122 cm³/mol. The molecular formula is C24H19N7O4. The molecular weight excluding hydrogens is 450 g/mol. The molecule has 2 aromatic carbocycles. The van der Waals surface area contributed by atoms with E-state index in [4.69, 9.17) is 0 Å². The first-order valence-corrected chi connectivity index (χ1v) is 11.1. The molecule has 0 radical (unpaired) electrons. The number of carbonyl (C=O) groups excluding carboxylic acids is 4. The van der Waals surface area contributed by atoms with Crippen LogP contribution in [0.15, 0.2) is 48.7 Å². The van der Waals surface area contributed by atoms with Crippen LogP contribution in [0, 0.1) is 6.92 Å². The molecule has 1 unspecified atom stereocenters. The van der Waals surface area contributed by atoms with Crippen molar-refractivity contribution in [3.8, 4) is 5.69 Å². The van der Waals surface area contributed by atoms with Crippen molar-refractivity contribution in [1.29, 1.82) is 0 Å². The zero-order valence-electron chi connectivity index (χ0n) is 18.6. The first kappa shape index (κ1) is 20.9. The van der Waals surface area contributed by atoms with Crippen LogP contribution in [0.4, 0.5) is 0 Å². The summed E-state index contributed by atoms with van der Waals surface area (Å²) < 4.78 is 3.49. The van der Waals surface area contributed by atoms with E-state index in [0.717, 1.165) is 21.8 Å². The summed E-state index contributed by atoms with van der Waals surface area (Å²) in [6.45, 7) is 2.35. The van der Waals surface area contributed by atoms with Crippen LogP contribution in [-0.2, 0) is 16.1 Å². The van der Waals surface area contributed by atoms with Crippen LogP contribution < -0.4 is 5.32 Å². The predicted octanol–water partition coefficient (Wildman–Crippen LogP) is 1.37. The number of amides is 4. The second-order valence-electron chi connectivity index (χ2n) is 8.54. The molecule has 1 atom stereocenters. The molecule has 0 bridgehead atoms. The number of nitrogens with zero attached hydrogens (tertiary/aromatic N) is 6. The number of imidazole rings is 1. The Kier molecular flexibility index (Phi) is 4.59. The van der Waals surface area contributed by atoms with Gasteiger partial charge in [-0.3, -0.25) is 29.4 Å². The molecule has 1 saturated heterocycles. The third-order valence-corrected chi connectivity index (χ3v) is 6.40. The van der Waals surface area contributed by atoms with E-state index in [2.05, 4.69) is 20.6 Å². The number of hydrogen-bond donors (Lipinski definition) is 1. The number of benzene rings is 2. The van der Waals surface area contributed by atoms with Crippen LogP contribution in [0.3, 0.4) is 0 Å². The van der Waals surface area contributed by atoms with E-state index in [9.17, 15) is 19.2 Å². The number of carbonyl (C=O) groups is 4. The molecule has 2 aliphatic heterocycles. The topological polar surface area (TPSA) is 132 Å². The Morgan fingerprint density at radius 1 is 1.03 bits per heavy atom. The van der Waals surface area contributed by atoms with Crippen LogP contribution in [0.5, 0.6) is 0 Å². The van der Waals surface area contributed by atoms with Crippen LogP contribution in [0.2, 0.25) is 0 Å². The van der Waals surface area contributed by atoms with Crippen molar-refractivity contribution in [2.45, 2.75) is 32.4 Å². The number of aromatic nitrogens is 5. The molecule has 4 aromatic rings. The highest BCUT2D eigenvalue weighted by Crippen LogP contribution is 2.31. The summed E-state index contributed by atoms with van der Waals surface area (Å²) in [5.74, 6) is -1.39. The van der Waals surface area contributed by atoms with Crippen LogP contribution in [-0.4, -0.2) is 59.1 Å². The minimum absolute atomic E-state index is 0.0610. The lowest BCUT2D eigenvalue weighted by molar-refractivity contribution is -0.136. The highest BCUT2D eigenvalue weighted by molar-refractivity contribution is 6.24. The first-order valence-electron chi connectivity index (χ1n) is 11.1. The van der Waals surface area contributed by atoms with Crippen molar-refractivity contribution in [2.75, 3.05) is 0 Å². The molecule has 0 saturated carbocycles. The smallest absolute Gasteiger partial charge is 0.264 e. The summed E-state index contributed by atoms with van der Waals surface area (Å²) >= 11 is 0. The second kappa shape index (κ2) is 7.69. The number of hydrogen-bond acceptors (Lipinski definition) is 7. The highest BCUT2D eigenvalue weighted by atomic mass is 16.2. The maximum atomic E-state index is 13.3. The van der Waals surface area contributed by atoms with Crippen LogP contribution in [0.1, 0.15) is 45.1 Å². The van der Waals surface area contributed by atoms with E-state index in [1.807, 2.05) is 35.8 Å². The van der Waals surface area contributed by atoms with Crippen molar-refractivity contribution >= 4 is 34.7 Å². The lowest BCUT2D eigenvalue weighted by Gasteiger charge is -2.27. The van der Waals surface area contributed by atoms with E-state index < -0.39 is 29.7 Å². The minimum Gasteiger partial charge on any atom is -0.322 e. The Balaban J connectivity index is 1.34. The molecule has 1 fully saturated rings. The average molecular weight is 469 g/mol. The molecule has 11 nitrogen and oxygen atoms in total. The van der Waals surface area contributed by atoms with E-state index in [1.165, 1.54) is 4.68 Å².